The van der Waals surface area contributed by atoms with Crippen molar-refractivity contribution in [1.29, 1.82) is 0 Å². The maximum atomic E-state index is 11.9. The lowest BCUT2D eigenvalue weighted by atomic mass is 9.89. The van der Waals surface area contributed by atoms with E-state index in [0.717, 1.165) is 18.3 Å². The van der Waals surface area contributed by atoms with E-state index in [1.54, 1.807) is 0 Å². The molecule has 0 aromatic carbocycles. The van der Waals surface area contributed by atoms with Gasteiger partial charge in [0.05, 0.1) is 7.11 Å². The van der Waals surface area contributed by atoms with Crippen LogP contribution in [0.3, 0.4) is 0 Å². The molecule has 1 fully saturated rings. The Morgan fingerprint density at radius 3 is 2.40 bits per heavy atom. The van der Waals surface area contributed by atoms with Crippen molar-refractivity contribution in [2.75, 3.05) is 7.11 Å². The third-order valence-corrected chi connectivity index (χ3v) is 4.59. The number of hydrogen-bond donors (Lipinski definition) is 1. The highest BCUT2D eigenvalue weighted by atomic mass is 16.5. The van der Waals surface area contributed by atoms with Gasteiger partial charge >= 0.3 is 5.97 Å². The maximum absolute atomic E-state index is 11.9. The van der Waals surface area contributed by atoms with Crippen LogP contribution in [0.5, 0.6) is 0 Å². The first-order valence-corrected chi connectivity index (χ1v) is 8.27. The van der Waals surface area contributed by atoms with Gasteiger partial charge in [-0.3, -0.25) is 4.79 Å². The van der Waals surface area contributed by atoms with Crippen LogP contribution in [0.15, 0.2) is 0 Å². The summed E-state index contributed by atoms with van der Waals surface area (Å²) in [4.78, 5) is 11.9. The minimum Gasteiger partial charge on any atom is -0.468 e. The van der Waals surface area contributed by atoms with Crippen molar-refractivity contribution in [1.82, 2.24) is 5.32 Å². The maximum Gasteiger partial charge on any atom is 0.322 e. The van der Waals surface area contributed by atoms with Crippen molar-refractivity contribution in [3.8, 4) is 0 Å². The average molecular weight is 283 g/mol. The Morgan fingerprint density at radius 1 is 1.15 bits per heavy atom. The molecule has 0 bridgehead atoms. The second-order valence-electron chi connectivity index (χ2n) is 7.08. The lowest BCUT2D eigenvalue weighted by Gasteiger charge is -2.25. The molecule has 0 saturated heterocycles. The predicted octanol–water partition coefficient (Wildman–Crippen LogP) is 3.77. The van der Waals surface area contributed by atoms with Gasteiger partial charge in [0.1, 0.15) is 6.04 Å². The second-order valence-corrected chi connectivity index (χ2v) is 7.08. The number of esters is 1. The first kappa shape index (κ1) is 17.5. The molecule has 0 spiro atoms. The molecule has 20 heavy (non-hydrogen) atoms. The molecular weight excluding hydrogens is 250 g/mol. The quantitative estimate of drug-likeness (QED) is 0.595. The fourth-order valence-corrected chi connectivity index (χ4v) is 3.29. The number of nitrogens with one attached hydrogen (secondary N) is 1. The summed E-state index contributed by atoms with van der Waals surface area (Å²) < 4.78 is 4.94. The normalized spacial score (nSPS) is 25.6. The minimum absolute atomic E-state index is 0.108. The molecule has 0 aromatic rings. The Kier molecular flexibility index (Phi) is 7.57. The van der Waals surface area contributed by atoms with Crippen LogP contribution in [-0.2, 0) is 9.53 Å². The number of methoxy groups -OCH3 is 1. The van der Waals surface area contributed by atoms with Gasteiger partial charge in [-0.05, 0) is 43.4 Å². The Labute approximate surface area is 124 Å². The smallest absolute Gasteiger partial charge is 0.322 e. The van der Waals surface area contributed by atoms with Crippen LogP contribution in [0, 0.1) is 17.8 Å². The number of rotatable bonds is 6. The van der Waals surface area contributed by atoms with Crippen molar-refractivity contribution in [3.05, 3.63) is 0 Å². The topological polar surface area (TPSA) is 38.3 Å². The second kappa shape index (κ2) is 8.66. The number of carbonyl (C=O) groups is 1. The predicted molar refractivity (Wildman–Crippen MR) is 83.6 cm³/mol. The lowest BCUT2D eigenvalue weighted by molar-refractivity contribution is -0.143. The van der Waals surface area contributed by atoms with Gasteiger partial charge in [-0.15, -0.1) is 0 Å². The highest BCUT2D eigenvalue weighted by molar-refractivity contribution is 5.75. The molecule has 3 heteroatoms. The van der Waals surface area contributed by atoms with Crippen molar-refractivity contribution in [2.45, 2.75) is 78.3 Å². The first-order chi connectivity index (χ1) is 9.43. The molecule has 0 aliphatic heterocycles. The monoisotopic (exact) mass is 283 g/mol. The molecule has 0 radical (unpaired) electrons. The Bertz CT molecular complexity index is 289. The van der Waals surface area contributed by atoms with Crippen molar-refractivity contribution >= 4 is 5.97 Å². The molecule has 118 valence electrons. The minimum atomic E-state index is -0.138. The van der Waals surface area contributed by atoms with Gasteiger partial charge in [0.2, 0.25) is 0 Å². The Balaban J connectivity index is 2.53. The van der Waals surface area contributed by atoms with Crippen LogP contribution in [-0.4, -0.2) is 25.2 Å². The van der Waals surface area contributed by atoms with Crippen LogP contribution in [0.1, 0.15) is 66.2 Å². The number of hydrogen-bond acceptors (Lipinski definition) is 3. The van der Waals surface area contributed by atoms with Crippen LogP contribution in [0.4, 0.5) is 0 Å². The van der Waals surface area contributed by atoms with Gasteiger partial charge in [0, 0.05) is 6.04 Å². The summed E-state index contributed by atoms with van der Waals surface area (Å²) in [5, 5.41) is 3.56. The first-order valence-electron chi connectivity index (χ1n) is 8.27. The van der Waals surface area contributed by atoms with E-state index >= 15 is 0 Å². The fraction of sp³-hybridized carbons (Fsp3) is 0.941. The van der Waals surface area contributed by atoms with Gasteiger partial charge in [0.15, 0.2) is 0 Å². The van der Waals surface area contributed by atoms with Crippen molar-refractivity contribution < 1.29 is 9.53 Å². The average Bonchev–Trinajstić information content (AvgIpc) is 2.62. The van der Waals surface area contributed by atoms with Crippen LogP contribution in [0.25, 0.3) is 0 Å². The molecule has 0 heterocycles. The van der Waals surface area contributed by atoms with E-state index in [1.165, 1.54) is 39.2 Å². The third kappa shape index (κ3) is 5.82. The van der Waals surface area contributed by atoms with Gasteiger partial charge in [-0.1, -0.05) is 40.5 Å². The van der Waals surface area contributed by atoms with E-state index < -0.39 is 0 Å². The highest BCUT2D eigenvalue weighted by Crippen LogP contribution is 2.29. The zero-order valence-corrected chi connectivity index (χ0v) is 13.9. The number of ether oxygens (including phenoxy) is 1. The summed E-state index contributed by atoms with van der Waals surface area (Å²) in [7, 11) is 1.49. The molecule has 1 aliphatic carbocycles. The standard InChI is InChI=1S/C17H33NO2/c1-12(2)11-16(17(19)20-5)18-15-8-6-7-14(9-10-15)13(3)4/h12-16,18H,6-11H2,1-5H3. The molecule has 3 unspecified atom stereocenters. The van der Waals surface area contributed by atoms with E-state index in [-0.39, 0.29) is 12.0 Å². The third-order valence-electron chi connectivity index (χ3n) is 4.59. The van der Waals surface area contributed by atoms with E-state index in [9.17, 15) is 4.79 Å². The molecule has 3 atom stereocenters. The molecule has 1 aliphatic rings. The zero-order chi connectivity index (χ0) is 15.1. The van der Waals surface area contributed by atoms with Crippen molar-refractivity contribution in [3.63, 3.8) is 0 Å². The fourth-order valence-electron chi connectivity index (χ4n) is 3.29. The summed E-state index contributed by atoms with van der Waals surface area (Å²) in [6, 6.07) is 0.335. The van der Waals surface area contributed by atoms with E-state index in [2.05, 4.69) is 33.0 Å². The van der Waals surface area contributed by atoms with E-state index in [1.807, 2.05) is 0 Å². The van der Waals surface area contributed by atoms with Gasteiger partial charge < -0.3 is 10.1 Å². The van der Waals surface area contributed by atoms with E-state index in [4.69, 9.17) is 4.74 Å². The van der Waals surface area contributed by atoms with Gasteiger partial charge in [-0.25, -0.2) is 0 Å². The van der Waals surface area contributed by atoms with Gasteiger partial charge in [0.25, 0.3) is 0 Å². The van der Waals surface area contributed by atoms with Crippen LogP contribution >= 0.6 is 0 Å². The van der Waals surface area contributed by atoms with E-state index in [0.29, 0.717) is 12.0 Å². The highest BCUT2D eigenvalue weighted by Gasteiger charge is 2.26. The molecule has 1 rings (SSSR count). The number of carbonyl (C=O) groups excluding carboxylic acids is 1. The summed E-state index contributed by atoms with van der Waals surface area (Å²) in [5.74, 6) is 2.02. The molecule has 0 aromatic heterocycles. The molecule has 1 saturated carbocycles. The Morgan fingerprint density at radius 2 is 1.85 bits per heavy atom. The Hall–Kier alpha value is -0.570. The van der Waals surface area contributed by atoms with Crippen molar-refractivity contribution in [2.24, 2.45) is 17.8 Å². The summed E-state index contributed by atoms with van der Waals surface area (Å²) in [6.45, 7) is 8.96. The zero-order valence-electron chi connectivity index (χ0n) is 13.9. The summed E-state index contributed by atoms with van der Waals surface area (Å²) in [5.41, 5.74) is 0. The summed E-state index contributed by atoms with van der Waals surface area (Å²) >= 11 is 0. The van der Waals surface area contributed by atoms with Gasteiger partial charge in [-0.2, -0.15) is 0 Å². The largest absolute Gasteiger partial charge is 0.468 e. The summed E-state index contributed by atoms with van der Waals surface area (Å²) in [6.07, 6.45) is 7.13. The van der Waals surface area contributed by atoms with Crippen LogP contribution in [0.2, 0.25) is 0 Å². The molecule has 1 N–H and O–H groups in total. The SMILES string of the molecule is COC(=O)C(CC(C)C)NC1CCCC(C(C)C)CC1. The molecule has 0 amide bonds. The molecular formula is C17H33NO2. The lowest BCUT2D eigenvalue weighted by Crippen LogP contribution is -2.44. The van der Waals surface area contributed by atoms with Crippen LogP contribution < -0.4 is 5.32 Å². The molecule has 3 nitrogen and oxygen atoms in total.